The molecule has 1 atom stereocenters. The third-order valence-corrected chi connectivity index (χ3v) is 3.40. The van der Waals surface area contributed by atoms with Gasteiger partial charge in [0.1, 0.15) is 0 Å². The third-order valence-electron chi connectivity index (χ3n) is 3.40. The zero-order chi connectivity index (χ0) is 14.4. The van der Waals surface area contributed by atoms with E-state index in [9.17, 15) is 5.11 Å². The topological polar surface area (TPSA) is 41.9 Å². The van der Waals surface area contributed by atoms with Crippen LogP contribution in [-0.2, 0) is 4.74 Å². The molecule has 0 bridgehead atoms. The van der Waals surface area contributed by atoms with Gasteiger partial charge in [-0.05, 0) is 38.5 Å². The molecule has 0 radical (unpaired) electrons. The fraction of sp³-hybridized carbons (Fsp3) is 0.600. The van der Waals surface area contributed by atoms with Gasteiger partial charge >= 0.3 is 0 Å². The van der Waals surface area contributed by atoms with E-state index in [4.69, 9.17) is 9.47 Å². The number of ether oxygens (including phenoxy) is 2. The van der Waals surface area contributed by atoms with Crippen LogP contribution in [0.5, 0.6) is 11.5 Å². The van der Waals surface area contributed by atoms with Crippen molar-refractivity contribution in [2.45, 2.75) is 32.9 Å². The van der Waals surface area contributed by atoms with E-state index in [0.29, 0.717) is 18.4 Å². The maximum absolute atomic E-state index is 9.65. The molecular weight excluding hydrogens is 242 g/mol. The smallest absolute Gasteiger partial charge is 0.160 e. The van der Waals surface area contributed by atoms with Gasteiger partial charge in [0.2, 0.25) is 0 Å². The first-order chi connectivity index (χ1) is 9.01. The number of aromatic hydroxyl groups is 1. The van der Waals surface area contributed by atoms with Crippen LogP contribution in [0.3, 0.4) is 0 Å². The summed E-state index contributed by atoms with van der Waals surface area (Å²) >= 11 is 0. The minimum Gasteiger partial charge on any atom is -0.504 e. The van der Waals surface area contributed by atoms with Crippen molar-refractivity contribution in [2.75, 3.05) is 27.4 Å². The van der Waals surface area contributed by atoms with Crippen LogP contribution in [-0.4, -0.2) is 43.4 Å². The number of hydrogen-bond donors (Lipinski definition) is 1. The van der Waals surface area contributed by atoms with Crippen LogP contribution in [0.2, 0.25) is 0 Å². The van der Waals surface area contributed by atoms with E-state index >= 15 is 0 Å². The van der Waals surface area contributed by atoms with E-state index < -0.39 is 0 Å². The average Bonchev–Trinajstić information content (AvgIpc) is 2.39. The number of phenolic OH excluding ortho intramolecular Hbond substituents is 1. The number of methoxy groups -OCH3 is 2. The zero-order valence-electron chi connectivity index (χ0n) is 12.5. The molecule has 4 heteroatoms. The molecule has 0 aromatic heterocycles. The van der Waals surface area contributed by atoms with Crippen molar-refractivity contribution in [1.82, 2.24) is 4.90 Å². The summed E-state index contributed by atoms with van der Waals surface area (Å²) in [5, 5.41) is 9.65. The van der Waals surface area contributed by atoms with Crippen LogP contribution in [0.15, 0.2) is 18.2 Å². The molecule has 1 rings (SSSR count). The standard InChI is InChI=1S/C15H25NO3/c1-11(2)16(8-9-18-4)12(3)13-6-7-14(17)15(10-13)19-5/h6-7,10-12,17H,8-9H2,1-5H3. The van der Waals surface area contributed by atoms with Crippen LogP contribution in [0, 0.1) is 0 Å². The molecule has 1 aromatic rings. The second kappa shape index (κ2) is 7.36. The van der Waals surface area contributed by atoms with Crippen LogP contribution in [0.1, 0.15) is 32.4 Å². The molecule has 108 valence electrons. The van der Waals surface area contributed by atoms with E-state index in [1.54, 1.807) is 20.3 Å². The molecule has 0 heterocycles. The summed E-state index contributed by atoms with van der Waals surface area (Å²) in [5.41, 5.74) is 1.12. The molecule has 19 heavy (non-hydrogen) atoms. The van der Waals surface area contributed by atoms with E-state index in [1.807, 2.05) is 12.1 Å². The molecule has 1 N–H and O–H groups in total. The first-order valence-corrected chi connectivity index (χ1v) is 6.62. The van der Waals surface area contributed by atoms with Gasteiger partial charge in [0.05, 0.1) is 13.7 Å². The summed E-state index contributed by atoms with van der Waals surface area (Å²) in [6.07, 6.45) is 0. The van der Waals surface area contributed by atoms with Gasteiger partial charge < -0.3 is 14.6 Å². The van der Waals surface area contributed by atoms with Gasteiger partial charge in [0.15, 0.2) is 11.5 Å². The van der Waals surface area contributed by atoms with E-state index in [1.165, 1.54) is 0 Å². The second-order valence-electron chi connectivity index (χ2n) is 4.93. The van der Waals surface area contributed by atoms with Crippen LogP contribution in [0.25, 0.3) is 0 Å². The van der Waals surface area contributed by atoms with Crippen LogP contribution < -0.4 is 4.74 Å². The van der Waals surface area contributed by atoms with Gasteiger partial charge in [-0.25, -0.2) is 0 Å². The van der Waals surface area contributed by atoms with Gasteiger partial charge in [-0.3, -0.25) is 4.90 Å². The van der Waals surface area contributed by atoms with E-state index in [0.717, 1.165) is 12.1 Å². The van der Waals surface area contributed by atoms with Gasteiger partial charge in [0.25, 0.3) is 0 Å². The van der Waals surface area contributed by atoms with Crippen molar-refractivity contribution in [3.05, 3.63) is 23.8 Å². The zero-order valence-corrected chi connectivity index (χ0v) is 12.5. The summed E-state index contributed by atoms with van der Waals surface area (Å²) in [5.74, 6) is 0.686. The van der Waals surface area contributed by atoms with Gasteiger partial charge in [-0.2, -0.15) is 0 Å². The largest absolute Gasteiger partial charge is 0.504 e. The molecule has 4 nitrogen and oxygen atoms in total. The highest BCUT2D eigenvalue weighted by molar-refractivity contribution is 5.42. The summed E-state index contributed by atoms with van der Waals surface area (Å²) in [6.45, 7) is 8.07. The Hall–Kier alpha value is -1.26. The fourth-order valence-electron chi connectivity index (χ4n) is 2.24. The number of rotatable bonds is 7. The highest BCUT2D eigenvalue weighted by Gasteiger charge is 2.19. The van der Waals surface area contributed by atoms with Crippen molar-refractivity contribution in [3.63, 3.8) is 0 Å². The summed E-state index contributed by atoms with van der Waals surface area (Å²) in [7, 11) is 3.28. The number of hydrogen-bond acceptors (Lipinski definition) is 4. The monoisotopic (exact) mass is 267 g/mol. The first-order valence-electron chi connectivity index (χ1n) is 6.62. The highest BCUT2D eigenvalue weighted by atomic mass is 16.5. The number of benzene rings is 1. The molecule has 1 unspecified atom stereocenters. The summed E-state index contributed by atoms with van der Waals surface area (Å²) < 4.78 is 10.3. The predicted octanol–water partition coefficient (Wildman–Crippen LogP) is 2.82. The fourth-order valence-corrected chi connectivity index (χ4v) is 2.24. The second-order valence-corrected chi connectivity index (χ2v) is 4.93. The van der Waals surface area contributed by atoms with Gasteiger partial charge in [0, 0.05) is 25.7 Å². The van der Waals surface area contributed by atoms with Crippen molar-refractivity contribution in [3.8, 4) is 11.5 Å². The maximum Gasteiger partial charge on any atom is 0.160 e. The molecule has 0 aliphatic carbocycles. The van der Waals surface area contributed by atoms with Crippen LogP contribution in [0.4, 0.5) is 0 Å². The Morgan fingerprint density at radius 1 is 1.21 bits per heavy atom. The Bertz CT molecular complexity index is 393. The van der Waals surface area contributed by atoms with Crippen LogP contribution >= 0.6 is 0 Å². The Balaban J connectivity index is 2.92. The lowest BCUT2D eigenvalue weighted by Gasteiger charge is -2.33. The molecule has 0 spiro atoms. The lowest BCUT2D eigenvalue weighted by Crippen LogP contribution is -2.36. The SMILES string of the molecule is COCCN(C(C)C)C(C)c1ccc(O)c(OC)c1. The van der Waals surface area contributed by atoms with E-state index in [2.05, 4.69) is 25.7 Å². The third kappa shape index (κ3) is 4.11. The van der Waals surface area contributed by atoms with Crippen molar-refractivity contribution >= 4 is 0 Å². The normalized spacial score (nSPS) is 13.0. The number of phenols is 1. The lowest BCUT2D eigenvalue weighted by atomic mass is 10.0. The predicted molar refractivity (Wildman–Crippen MR) is 76.8 cm³/mol. The molecule has 0 saturated carbocycles. The lowest BCUT2D eigenvalue weighted by molar-refractivity contribution is 0.102. The van der Waals surface area contributed by atoms with Crippen molar-refractivity contribution < 1.29 is 14.6 Å². The number of nitrogens with zero attached hydrogens (tertiary/aromatic N) is 1. The van der Waals surface area contributed by atoms with Crippen molar-refractivity contribution in [2.24, 2.45) is 0 Å². The van der Waals surface area contributed by atoms with Gasteiger partial charge in [-0.1, -0.05) is 6.07 Å². The molecule has 0 aliphatic heterocycles. The quantitative estimate of drug-likeness (QED) is 0.825. The minimum absolute atomic E-state index is 0.173. The highest BCUT2D eigenvalue weighted by Crippen LogP contribution is 2.31. The summed E-state index contributed by atoms with van der Waals surface area (Å²) in [6, 6.07) is 6.17. The molecule has 1 aromatic carbocycles. The first kappa shape index (κ1) is 15.8. The Morgan fingerprint density at radius 2 is 1.89 bits per heavy atom. The molecule has 0 saturated heterocycles. The molecule has 0 amide bonds. The van der Waals surface area contributed by atoms with E-state index in [-0.39, 0.29) is 11.8 Å². The minimum atomic E-state index is 0.173. The Labute approximate surface area is 115 Å². The Morgan fingerprint density at radius 3 is 2.42 bits per heavy atom. The molecule has 0 fully saturated rings. The molecular formula is C15H25NO3. The average molecular weight is 267 g/mol. The van der Waals surface area contributed by atoms with Gasteiger partial charge in [-0.15, -0.1) is 0 Å². The maximum atomic E-state index is 9.65. The van der Waals surface area contributed by atoms with Crippen molar-refractivity contribution in [1.29, 1.82) is 0 Å². The summed E-state index contributed by atoms with van der Waals surface area (Å²) in [4.78, 5) is 2.36. The Kier molecular flexibility index (Phi) is 6.12. The molecule has 0 aliphatic rings.